The smallest absolute Gasteiger partial charge is 0.206 e. The molecule has 2 aromatic rings. The summed E-state index contributed by atoms with van der Waals surface area (Å²) in [6, 6.07) is 12.8. The minimum Gasteiger partial charge on any atom is -0.467 e. The average molecular weight is 227 g/mol. The van der Waals surface area contributed by atoms with Gasteiger partial charge in [-0.3, -0.25) is 9.79 Å². The van der Waals surface area contributed by atoms with Crippen LogP contribution in [0.4, 0.5) is 0 Å². The van der Waals surface area contributed by atoms with E-state index in [1.54, 1.807) is 31.4 Å². The SMILES string of the molecule is CC(=NCc1ccco1)C(=O)c1ccccc1. The van der Waals surface area contributed by atoms with Crippen molar-refractivity contribution in [1.82, 2.24) is 0 Å². The van der Waals surface area contributed by atoms with Crippen LogP contribution in [-0.4, -0.2) is 11.5 Å². The predicted octanol–water partition coefficient (Wildman–Crippen LogP) is 3.12. The van der Waals surface area contributed by atoms with Crippen molar-refractivity contribution >= 4 is 11.5 Å². The van der Waals surface area contributed by atoms with Gasteiger partial charge in [0, 0.05) is 5.56 Å². The van der Waals surface area contributed by atoms with Crippen molar-refractivity contribution < 1.29 is 9.21 Å². The lowest BCUT2D eigenvalue weighted by atomic mass is 10.1. The zero-order chi connectivity index (χ0) is 12.1. The number of benzene rings is 1. The number of nitrogens with zero attached hydrogens (tertiary/aromatic N) is 1. The number of hydrogen-bond donors (Lipinski definition) is 0. The van der Waals surface area contributed by atoms with E-state index in [-0.39, 0.29) is 5.78 Å². The molecule has 3 nitrogen and oxygen atoms in total. The minimum atomic E-state index is -0.0443. The van der Waals surface area contributed by atoms with Gasteiger partial charge in [0.25, 0.3) is 0 Å². The summed E-state index contributed by atoms with van der Waals surface area (Å²) in [4.78, 5) is 16.2. The maximum Gasteiger partial charge on any atom is 0.206 e. The molecule has 1 aromatic carbocycles. The fraction of sp³-hybridized carbons (Fsp3) is 0.143. The highest BCUT2D eigenvalue weighted by molar-refractivity contribution is 6.45. The fourth-order valence-electron chi connectivity index (χ4n) is 1.47. The first kappa shape index (κ1) is 11.3. The highest BCUT2D eigenvalue weighted by Crippen LogP contribution is 2.05. The van der Waals surface area contributed by atoms with Crippen LogP contribution in [0.5, 0.6) is 0 Å². The Bertz CT molecular complexity index is 512. The first-order valence-electron chi connectivity index (χ1n) is 5.40. The molecule has 0 saturated carbocycles. The molecule has 0 atom stereocenters. The molecule has 86 valence electrons. The van der Waals surface area contributed by atoms with Crippen LogP contribution in [0, 0.1) is 0 Å². The van der Waals surface area contributed by atoms with E-state index >= 15 is 0 Å². The van der Waals surface area contributed by atoms with Crippen LogP contribution < -0.4 is 0 Å². The quantitative estimate of drug-likeness (QED) is 0.595. The highest BCUT2D eigenvalue weighted by Gasteiger charge is 2.08. The molecule has 0 aliphatic heterocycles. The highest BCUT2D eigenvalue weighted by atomic mass is 16.3. The van der Waals surface area contributed by atoms with Crippen molar-refractivity contribution in [1.29, 1.82) is 0 Å². The summed E-state index contributed by atoms with van der Waals surface area (Å²) in [5.74, 6) is 0.711. The molecule has 1 aromatic heterocycles. The van der Waals surface area contributed by atoms with Crippen LogP contribution in [0.1, 0.15) is 23.0 Å². The van der Waals surface area contributed by atoms with Crippen molar-refractivity contribution in [3.8, 4) is 0 Å². The van der Waals surface area contributed by atoms with E-state index in [1.807, 2.05) is 24.3 Å². The molecule has 0 aliphatic carbocycles. The zero-order valence-electron chi connectivity index (χ0n) is 9.59. The standard InChI is InChI=1S/C14H13NO2/c1-11(15-10-13-8-5-9-17-13)14(16)12-6-3-2-4-7-12/h2-9H,10H2,1H3. The van der Waals surface area contributed by atoms with Crippen LogP contribution in [-0.2, 0) is 6.54 Å². The van der Waals surface area contributed by atoms with Gasteiger partial charge in [-0.15, -0.1) is 0 Å². The van der Waals surface area contributed by atoms with Gasteiger partial charge in [0.1, 0.15) is 5.76 Å². The summed E-state index contributed by atoms with van der Waals surface area (Å²) in [7, 11) is 0. The number of ketones is 1. The van der Waals surface area contributed by atoms with Crippen LogP contribution in [0.3, 0.4) is 0 Å². The maximum absolute atomic E-state index is 11.9. The lowest BCUT2D eigenvalue weighted by molar-refractivity contribution is 0.106. The monoisotopic (exact) mass is 227 g/mol. The van der Waals surface area contributed by atoms with E-state index in [0.717, 1.165) is 5.76 Å². The third-order valence-electron chi connectivity index (χ3n) is 2.42. The topological polar surface area (TPSA) is 42.6 Å². The summed E-state index contributed by atoms with van der Waals surface area (Å²) in [5.41, 5.74) is 1.15. The number of hydrogen-bond acceptors (Lipinski definition) is 3. The average Bonchev–Trinajstić information content (AvgIpc) is 2.89. The van der Waals surface area contributed by atoms with Gasteiger partial charge in [-0.2, -0.15) is 0 Å². The first-order chi connectivity index (χ1) is 8.27. The van der Waals surface area contributed by atoms with Gasteiger partial charge < -0.3 is 4.42 Å². The van der Waals surface area contributed by atoms with Gasteiger partial charge in [0.15, 0.2) is 0 Å². The Morgan fingerprint density at radius 3 is 2.59 bits per heavy atom. The molecule has 3 heteroatoms. The number of rotatable bonds is 4. The number of Topliss-reactive ketones (excluding diaryl/α,β-unsaturated/α-hetero) is 1. The van der Waals surface area contributed by atoms with Crippen LogP contribution in [0.15, 0.2) is 58.1 Å². The van der Waals surface area contributed by atoms with Crippen molar-refractivity contribution in [2.75, 3.05) is 0 Å². The summed E-state index contributed by atoms with van der Waals surface area (Å²) >= 11 is 0. The second-order valence-corrected chi connectivity index (χ2v) is 3.68. The van der Waals surface area contributed by atoms with Crippen molar-refractivity contribution in [3.05, 3.63) is 60.1 Å². The van der Waals surface area contributed by atoms with Crippen molar-refractivity contribution in [2.45, 2.75) is 13.5 Å². The third-order valence-corrected chi connectivity index (χ3v) is 2.42. The lowest BCUT2D eigenvalue weighted by Gasteiger charge is -1.99. The van der Waals surface area contributed by atoms with E-state index in [9.17, 15) is 4.79 Å². The number of carbonyl (C=O) groups is 1. The molecule has 0 radical (unpaired) electrons. The molecule has 0 bridgehead atoms. The van der Waals surface area contributed by atoms with Gasteiger partial charge in [-0.1, -0.05) is 30.3 Å². The van der Waals surface area contributed by atoms with Crippen LogP contribution >= 0.6 is 0 Å². The van der Waals surface area contributed by atoms with E-state index in [1.165, 1.54) is 0 Å². The summed E-state index contributed by atoms with van der Waals surface area (Å²) in [6.45, 7) is 2.12. The van der Waals surface area contributed by atoms with Crippen molar-refractivity contribution in [2.24, 2.45) is 4.99 Å². The van der Waals surface area contributed by atoms with Gasteiger partial charge in [0.05, 0.1) is 18.5 Å². The summed E-state index contributed by atoms with van der Waals surface area (Å²) in [5, 5.41) is 0. The summed E-state index contributed by atoms with van der Waals surface area (Å²) in [6.07, 6.45) is 1.60. The number of aliphatic imine (C=N–C) groups is 1. The Hall–Kier alpha value is -2.16. The maximum atomic E-state index is 11.9. The van der Waals surface area contributed by atoms with E-state index in [4.69, 9.17) is 4.42 Å². The lowest BCUT2D eigenvalue weighted by Crippen LogP contribution is -2.10. The fourth-order valence-corrected chi connectivity index (χ4v) is 1.47. The van der Waals surface area contributed by atoms with E-state index in [2.05, 4.69) is 4.99 Å². The Balaban J connectivity index is 2.07. The number of carbonyl (C=O) groups excluding carboxylic acids is 1. The Morgan fingerprint density at radius 2 is 1.94 bits per heavy atom. The van der Waals surface area contributed by atoms with Crippen LogP contribution in [0.25, 0.3) is 0 Å². The molecule has 0 unspecified atom stereocenters. The molecule has 0 saturated heterocycles. The van der Waals surface area contributed by atoms with E-state index < -0.39 is 0 Å². The Labute approximate surface area is 99.8 Å². The Morgan fingerprint density at radius 1 is 1.18 bits per heavy atom. The van der Waals surface area contributed by atoms with E-state index in [0.29, 0.717) is 17.8 Å². The molecule has 0 N–H and O–H groups in total. The molecule has 0 amide bonds. The Kier molecular flexibility index (Phi) is 3.50. The van der Waals surface area contributed by atoms with Crippen molar-refractivity contribution in [3.63, 3.8) is 0 Å². The predicted molar refractivity (Wildman–Crippen MR) is 66.3 cm³/mol. The largest absolute Gasteiger partial charge is 0.467 e. The molecule has 0 aliphatic rings. The normalized spacial score (nSPS) is 11.5. The van der Waals surface area contributed by atoms with Gasteiger partial charge in [-0.25, -0.2) is 0 Å². The molecule has 17 heavy (non-hydrogen) atoms. The second kappa shape index (κ2) is 5.25. The van der Waals surface area contributed by atoms with Gasteiger partial charge >= 0.3 is 0 Å². The number of furan rings is 1. The molecule has 0 fully saturated rings. The molecule has 1 heterocycles. The molecular formula is C14H13NO2. The first-order valence-corrected chi connectivity index (χ1v) is 5.40. The molecule has 0 spiro atoms. The second-order valence-electron chi connectivity index (χ2n) is 3.68. The zero-order valence-corrected chi connectivity index (χ0v) is 9.59. The van der Waals surface area contributed by atoms with Crippen LogP contribution in [0.2, 0.25) is 0 Å². The molecular weight excluding hydrogens is 214 g/mol. The van der Waals surface area contributed by atoms with Gasteiger partial charge in [-0.05, 0) is 19.1 Å². The summed E-state index contributed by atoms with van der Waals surface area (Å²) < 4.78 is 5.15. The minimum absolute atomic E-state index is 0.0443. The third kappa shape index (κ3) is 2.91. The molecule has 2 rings (SSSR count). The van der Waals surface area contributed by atoms with Gasteiger partial charge in [0.2, 0.25) is 5.78 Å².